The third kappa shape index (κ3) is 3.84. The van der Waals surface area contributed by atoms with Crippen molar-refractivity contribution < 1.29 is 13.2 Å². The quantitative estimate of drug-likeness (QED) is 0.875. The van der Waals surface area contributed by atoms with Gasteiger partial charge in [0.2, 0.25) is 15.9 Å². The number of rotatable bonds is 5. The van der Waals surface area contributed by atoms with Gasteiger partial charge in [0.05, 0.1) is 10.0 Å². The van der Waals surface area contributed by atoms with E-state index in [1.165, 1.54) is 13.1 Å². The summed E-state index contributed by atoms with van der Waals surface area (Å²) in [4.78, 5) is 11.1. The molecule has 0 unspecified atom stereocenters. The van der Waals surface area contributed by atoms with Crippen LogP contribution in [0.4, 0.5) is 0 Å². The van der Waals surface area contributed by atoms with E-state index < -0.39 is 15.9 Å². The van der Waals surface area contributed by atoms with E-state index in [1.54, 1.807) is 12.1 Å². The first kappa shape index (κ1) is 17.7. The Morgan fingerprint density at radius 2 is 1.78 bits per heavy atom. The van der Waals surface area contributed by atoms with Crippen LogP contribution in [0.3, 0.4) is 0 Å². The standard InChI is InChI=1S/C15H14Cl2N2O3S/c1-19(9-10-5-3-2-4-6-10)23(21,22)13-8-11(15(18)20)7-12(16)14(13)17/h2-8H,9H2,1H3,(H2,18,20). The molecule has 23 heavy (non-hydrogen) atoms. The van der Waals surface area contributed by atoms with E-state index in [1.807, 2.05) is 18.2 Å². The topological polar surface area (TPSA) is 80.5 Å². The number of amides is 1. The molecule has 122 valence electrons. The number of carbonyl (C=O) groups is 1. The van der Waals surface area contributed by atoms with Crippen molar-refractivity contribution >= 4 is 39.1 Å². The second-order valence-electron chi connectivity index (χ2n) is 4.88. The maximum atomic E-state index is 12.7. The van der Waals surface area contributed by atoms with E-state index in [2.05, 4.69) is 0 Å². The summed E-state index contributed by atoms with van der Waals surface area (Å²) in [6.45, 7) is 0.151. The number of primary amides is 1. The van der Waals surface area contributed by atoms with Gasteiger partial charge in [0.1, 0.15) is 4.90 Å². The van der Waals surface area contributed by atoms with E-state index in [4.69, 9.17) is 28.9 Å². The van der Waals surface area contributed by atoms with Gasteiger partial charge in [0.15, 0.2) is 0 Å². The number of benzene rings is 2. The zero-order chi connectivity index (χ0) is 17.2. The Kier molecular flexibility index (Phi) is 5.31. The molecule has 0 aliphatic heterocycles. The monoisotopic (exact) mass is 372 g/mol. The number of nitrogens with two attached hydrogens (primary N) is 1. The first-order chi connectivity index (χ1) is 10.7. The zero-order valence-corrected chi connectivity index (χ0v) is 14.5. The lowest BCUT2D eigenvalue weighted by Crippen LogP contribution is -2.27. The molecule has 8 heteroatoms. The van der Waals surface area contributed by atoms with Crippen molar-refractivity contribution in [2.45, 2.75) is 11.4 Å². The van der Waals surface area contributed by atoms with Crippen LogP contribution in [-0.4, -0.2) is 25.7 Å². The molecule has 0 aliphatic rings. The largest absolute Gasteiger partial charge is 0.366 e. The number of nitrogens with zero attached hydrogens (tertiary/aromatic N) is 1. The van der Waals surface area contributed by atoms with Crippen LogP contribution in [-0.2, 0) is 16.6 Å². The van der Waals surface area contributed by atoms with Crippen LogP contribution >= 0.6 is 23.2 Å². The lowest BCUT2D eigenvalue weighted by atomic mass is 10.2. The van der Waals surface area contributed by atoms with Crippen molar-refractivity contribution in [2.24, 2.45) is 5.73 Å². The third-order valence-corrected chi connectivity index (χ3v) is 5.96. The summed E-state index contributed by atoms with van der Waals surface area (Å²) in [6, 6.07) is 11.4. The first-order valence-corrected chi connectivity index (χ1v) is 8.72. The highest BCUT2D eigenvalue weighted by Crippen LogP contribution is 2.32. The first-order valence-electron chi connectivity index (χ1n) is 6.52. The summed E-state index contributed by atoms with van der Waals surface area (Å²) in [6.07, 6.45) is 0. The number of carbonyl (C=O) groups excluding carboxylic acids is 1. The summed E-state index contributed by atoms with van der Waals surface area (Å²) >= 11 is 11.9. The number of hydrogen-bond donors (Lipinski definition) is 1. The minimum absolute atomic E-state index is 0.0221. The molecule has 0 saturated heterocycles. The highest BCUT2D eigenvalue weighted by molar-refractivity contribution is 7.89. The minimum atomic E-state index is -3.94. The average molecular weight is 373 g/mol. The average Bonchev–Trinajstić information content (AvgIpc) is 2.50. The smallest absolute Gasteiger partial charge is 0.248 e. The van der Waals surface area contributed by atoms with Gasteiger partial charge in [0.25, 0.3) is 0 Å². The predicted molar refractivity (Wildman–Crippen MR) is 90.1 cm³/mol. The third-order valence-electron chi connectivity index (χ3n) is 3.22. The van der Waals surface area contributed by atoms with E-state index >= 15 is 0 Å². The molecule has 0 fully saturated rings. The Bertz CT molecular complexity index is 839. The van der Waals surface area contributed by atoms with Crippen LogP contribution in [0.2, 0.25) is 10.0 Å². The molecule has 5 nitrogen and oxygen atoms in total. The Morgan fingerprint density at radius 1 is 1.17 bits per heavy atom. The van der Waals surface area contributed by atoms with Crippen LogP contribution in [0.15, 0.2) is 47.4 Å². The fraction of sp³-hybridized carbons (Fsp3) is 0.133. The lowest BCUT2D eigenvalue weighted by molar-refractivity contribution is 0.1000. The molecule has 0 spiro atoms. The molecule has 2 rings (SSSR count). The fourth-order valence-electron chi connectivity index (χ4n) is 1.99. The van der Waals surface area contributed by atoms with Gasteiger partial charge in [0, 0.05) is 19.2 Å². The Morgan fingerprint density at radius 3 is 2.35 bits per heavy atom. The SMILES string of the molecule is CN(Cc1ccccc1)S(=O)(=O)c1cc(C(N)=O)cc(Cl)c1Cl. The maximum Gasteiger partial charge on any atom is 0.248 e. The van der Waals surface area contributed by atoms with E-state index in [0.29, 0.717) is 0 Å². The van der Waals surface area contributed by atoms with Gasteiger partial charge in [-0.2, -0.15) is 4.31 Å². The number of sulfonamides is 1. The molecule has 0 atom stereocenters. The van der Waals surface area contributed by atoms with Gasteiger partial charge in [-0.1, -0.05) is 53.5 Å². The predicted octanol–water partition coefficient (Wildman–Crippen LogP) is 2.91. The Balaban J connectivity index is 2.45. The summed E-state index contributed by atoms with van der Waals surface area (Å²) in [5.74, 6) is -0.786. The summed E-state index contributed by atoms with van der Waals surface area (Å²) in [7, 11) is -2.52. The van der Waals surface area contributed by atoms with Gasteiger partial charge in [-0.15, -0.1) is 0 Å². The van der Waals surface area contributed by atoms with Crippen molar-refractivity contribution in [2.75, 3.05) is 7.05 Å². The summed E-state index contributed by atoms with van der Waals surface area (Å²) in [5.41, 5.74) is 5.99. The van der Waals surface area contributed by atoms with Gasteiger partial charge in [-0.25, -0.2) is 8.42 Å². The van der Waals surface area contributed by atoms with Crippen LogP contribution in [0.1, 0.15) is 15.9 Å². The molecule has 0 bridgehead atoms. The molecule has 2 aromatic rings. The molecule has 0 radical (unpaired) electrons. The Labute approximate surface area is 144 Å². The second-order valence-corrected chi connectivity index (χ2v) is 7.68. The number of hydrogen-bond acceptors (Lipinski definition) is 3. The van der Waals surface area contributed by atoms with Gasteiger partial charge >= 0.3 is 0 Å². The Hall–Kier alpha value is -1.60. The molecule has 0 heterocycles. The molecule has 2 N–H and O–H groups in total. The summed E-state index contributed by atoms with van der Waals surface area (Å²) < 4.78 is 26.6. The molecular weight excluding hydrogens is 359 g/mol. The van der Waals surface area contributed by atoms with Gasteiger partial charge < -0.3 is 5.73 Å². The van der Waals surface area contributed by atoms with Crippen molar-refractivity contribution in [1.29, 1.82) is 0 Å². The highest BCUT2D eigenvalue weighted by atomic mass is 35.5. The van der Waals surface area contributed by atoms with Crippen molar-refractivity contribution in [3.05, 3.63) is 63.6 Å². The highest BCUT2D eigenvalue weighted by Gasteiger charge is 2.26. The van der Waals surface area contributed by atoms with Crippen LogP contribution in [0, 0.1) is 0 Å². The molecule has 0 saturated carbocycles. The lowest BCUT2D eigenvalue weighted by Gasteiger charge is -2.19. The van der Waals surface area contributed by atoms with Crippen LogP contribution in [0.25, 0.3) is 0 Å². The molecular formula is C15H14Cl2N2O3S. The van der Waals surface area contributed by atoms with Gasteiger partial charge in [-0.3, -0.25) is 4.79 Å². The van der Waals surface area contributed by atoms with Crippen LogP contribution in [0.5, 0.6) is 0 Å². The van der Waals surface area contributed by atoms with Crippen molar-refractivity contribution in [3.8, 4) is 0 Å². The zero-order valence-electron chi connectivity index (χ0n) is 12.2. The van der Waals surface area contributed by atoms with Crippen LogP contribution < -0.4 is 5.73 Å². The molecule has 2 aromatic carbocycles. The maximum absolute atomic E-state index is 12.7. The van der Waals surface area contributed by atoms with Gasteiger partial charge in [-0.05, 0) is 17.7 Å². The van der Waals surface area contributed by atoms with E-state index in [9.17, 15) is 13.2 Å². The fourth-order valence-corrected chi connectivity index (χ4v) is 3.93. The van der Waals surface area contributed by atoms with Crippen molar-refractivity contribution in [1.82, 2.24) is 4.31 Å². The summed E-state index contributed by atoms with van der Waals surface area (Å²) in [5, 5.41) is -0.189. The van der Waals surface area contributed by atoms with Crippen molar-refractivity contribution in [3.63, 3.8) is 0 Å². The second kappa shape index (κ2) is 6.88. The van der Waals surface area contributed by atoms with E-state index in [-0.39, 0.29) is 27.0 Å². The minimum Gasteiger partial charge on any atom is -0.366 e. The molecule has 1 amide bonds. The molecule has 0 aliphatic carbocycles. The molecule has 0 aromatic heterocycles. The van der Waals surface area contributed by atoms with E-state index in [0.717, 1.165) is 15.9 Å². The number of halogens is 2. The normalized spacial score (nSPS) is 11.7.